The van der Waals surface area contributed by atoms with Gasteiger partial charge in [0, 0.05) is 44.0 Å². The van der Waals surface area contributed by atoms with Gasteiger partial charge < -0.3 is 9.80 Å². The number of nitrogens with zero attached hydrogens (tertiary/aromatic N) is 3. The topological polar surface area (TPSA) is 60.9 Å². The molecule has 6 nitrogen and oxygen atoms in total. The Morgan fingerprint density at radius 1 is 0.794 bits per heavy atom. The number of anilines is 2. The third kappa shape index (κ3) is 4.16. The zero-order chi connectivity index (χ0) is 23.7. The predicted molar refractivity (Wildman–Crippen MR) is 135 cm³/mol. The highest BCUT2D eigenvalue weighted by atomic mass is 32.2. The van der Waals surface area contributed by atoms with E-state index >= 15 is 0 Å². The van der Waals surface area contributed by atoms with Crippen LogP contribution < -0.4 is 9.21 Å². The van der Waals surface area contributed by atoms with Crippen LogP contribution in [-0.4, -0.2) is 51.9 Å². The average Bonchev–Trinajstić information content (AvgIpc) is 2.88. The van der Waals surface area contributed by atoms with Crippen LogP contribution >= 0.6 is 0 Å². The molecule has 0 aromatic heterocycles. The first-order valence-electron chi connectivity index (χ1n) is 11.8. The van der Waals surface area contributed by atoms with E-state index in [1.165, 1.54) is 21.6 Å². The lowest BCUT2D eigenvalue weighted by Crippen LogP contribution is -2.49. The minimum absolute atomic E-state index is 0.125. The van der Waals surface area contributed by atoms with Crippen molar-refractivity contribution in [1.29, 1.82) is 0 Å². The number of benzene rings is 3. The Kier molecular flexibility index (Phi) is 6.04. The molecule has 5 rings (SSSR count). The van der Waals surface area contributed by atoms with Crippen LogP contribution in [0, 0.1) is 6.92 Å². The van der Waals surface area contributed by atoms with Crippen LogP contribution in [0.15, 0.2) is 77.7 Å². The van der Waals surface area contributed by atoms with E-state index in [0.29, 0.717) is 25.2 Å². The highest BCUT2D eigenvalue weighted by Crippen LogP contribution is 2.32. The van der Waals surface area contributed by atoms with Gasteiger partial charge in [0.05, 0.1) is 10.6 Å². The summed E-state index contributed by atoms with van der Waals surface area (Å²) in [6.45, 7) is 5.24. The lowest BCUT2D eigenvalue weighted by molar-refractivity contribution is 0.0746. The van der Waals surface area contributed by atoms with Gasteiger partial charge >= 0.3 is 0 Å². The summed E-state index contributed by atoms with van der Waals surface area (Å²) in [7, 11) is -3.76. The molecule has 0 spiro atoms. The van der Waals surface area contributed by atoms with E-state index < -0.39 is 10.0 Å². The van der Waals surface area contributed by atoms with Gasteiger partial charge in [-0.2, -0.15) is 0 Å². The highest BCUT2D eigenvalue weighted by Gasteiger charge is 2.30. The van der Waals surface area contributed by atoms with Gasteiger partial charge in [-0.25, -0.2) is 8.42 Å². The summed E-state index contributed by atoms with van der Waals surface area (Å²) in [5.74, 6) is -0.125. The van der Waals surface area contributed by atoms with Crippen LogP contribution in [0.1, 0.15) is 27.9 Å². The van der Waals surface area contributed by atoms with Crippen LogP contribution in [0.25, 0.3) is 0 Å². The molecule has 34 heavy (non-hydrogen) atoms. The maximum atomic E-state index is 13.5. The fourth-order valence-corrected chi connectivity index (χ4v) is 6.50. The van der Waals surface area contributed by atoms with E-state index in [2.05, 4.69) is 24.0 Å². The lowest BCUT2D eigenvalue weighted by Gasteiger charge is -2.37. The van der Waals surface area contributed by atoms with Crippen molar-refractivity contribution in [2.75, 3.05) is 41.9 Å². The van der Waals surface area contributed by atoms with Crippen molar-refractivity contribution < 1.29 is 13.2 Å². The number of carbonyl (C=O) groups excluding carboxylic acids is 1. The molecule has 2 heterocycles. The van der Waals surface area contributed by atoms with E-state index in [-0.39, 0.29) is 10.8 Å². The van der Waals surface area contributed by atoms with Crippen LogP contribution in [-0.2, 0) is 16.4 Å². The zero-order valence-electron chi connectivity index (χ0n) is 19.4. The molecule has 0 saturated carbocycles. The second-order valence-electron chi connectivity index (χ2n) is 8.90. The summed E-state index contributed by atoms with van der Waals surface area (Å²) in [6.07, 6.45) is 1.65. The quantitative estimate of drug-likeness (QED) is 0.570. The van der Waals surface area contributed by atoms with E-state index in [9.17, 15) is 13.2 Å². The van der Waals surface area contributed by atoms with Crippen molar-refractivity contribution in [2.24, 2.45) is 0 Å². The molecular weight excluding hydrogens is 446 g/mol. The summed E-state index contributed by atoms with van der Waals surface area (Å²) < 4.78 is 28.5. The summed E-state index contributed by atoms with van der Waals surface area (Å²) in [5.41, 5.74) is 4.61. The number of rotatable bonds is 4. The molecule has 2 aliphatic heterocycles. The summed E-state index contributed by atoms with van der Waals surface area (Å²) >= 11 is 0. The Morgan fingerprint density at radius 2 is 1.50 bits per heavy atom. The smallest absolute Gasteiger partial charge is 0.264 e. The first kappa shape index (κ1) is 22.5. The number of carbonyl (C=O) groups is 1. The van der Waals surface area contributed by atoms with Gasteiger partial charge in [0.25, 0.3) is 15.9 Å². The van der Waals surface area contributed by atoms with Crippen LogP contribution in [0.5, 0.6) is 0 Å². The largest absolute Gasteiger partial charge is 0.368 e. The Labute approximate surface area is 201 Å². The number of hydrogen-bond acceptors (Lipinski definition) is 4. The van der Waals surface area contributed by atoms with Gasteiger partial charge in [-0.3, -0.25) is 9.10 Å². The van der Waals surface area contributed by atoms with E-state index in [4.69, 9.17) is 0 Å². The maximum absolute atomic E-state index is 13.5. The number of hydrogen-bond donors (Lipinski definition) is 0. The van der Waals surface area contributed by atoms with Gasteiger partial charge in [-0.05, 0) is 61.2 Å². The Balaban J connectivity index is 1.34. The third-order valence-corrected chi connectivity index (χ3v) is 8.57. The first-order chi connectivity index (χ1) is 16.4. The SMILES string of the molecule is Cc1ccccc1N1CCN(C(=O)c2cccc(S(=O)(=O)N3CCCc4ccccc43)c2)CC1. The van der Waals surface area contributed by atoms with E-state index in [1.54, 1.807) is 18.2 Å². The molecule has 0 bridgehead atoms. The van der Waals surface area contributed by atoms with Gasteiger partial charge in [0.1, 0.15) is 0 Å². The molecule has 0 radical (unpaired) electrons. The Hall–Kier alpha value is -3.32. The van der Waals surface area contributed by atoms with E-state index in [0.717, 1.165) is 37.2 Å². The Bertz CT molecular complexity index is 1310. The molecule has 1 amide bonds. The highest BCUT2D eigenvalue weighted by molar-refractivity contribution is 7.92. The second-order valence-corrected chi connectivity index (χ2v) is 10.8. The molecule has 3 aromatic rings. The summed E-state index contributed by atoms with van der Waals surface area (Å²) in [5, 5.41) is 0. The molecule has 3 aromatic carbocycles. The van der Waals surface area contributed by atoms with Gasteiger partial charge in [-0.1, -0.05) is 42.5 Å². The van der Waals surface area contributed by atoms with E-state index in [1.807, 2.05) is 41.3 Å². The standard InChI is InChI=1S/C27H29N3O3S/c1-21-8-2-4-13-25(21)28-16-18-29(19-17-28)27(31)23-10-6-12-24(20-23)34(32,33)30-15-7-11-22-9-3-5-14-26(22)30/h2-6,8-10,12-14,20H,7,11,15-19H2,1H3. The normalized spacial score (nSPS) is 16.3. The molecule has 0 N–H and O–H groups in total. The van der Waals surface area contributed by atoms with Crippen molar-refractivity contribution in [2.45, 2.75) is 24.7 Å². The number of fused-ring (bicyclic) bond motifs is 1. The minimum atomic E-state index is -3.76. The maximum Gasteiger partial charge on any atom is 0.264 e. The monoisotopic (exact) mass is 475 g/mol. The van der Waals surface area contributed by atoms with Gasteiger partial charge in [0.15, 0.2) is 0 Å². The number of sulfonamides is 1. The van der Waals surface area contributed by atoms with Gasteiger partial charge in [-0.15, -0.1) is 0 Å². The third-order valence-electron chi connectivity index (χ3n) is 6.76. The average molecular weight is 476 g/mol. The zero-order valence-corrected chi connectivity index (χ0v) is 20.2. The van der Waals surface area contributed by atoms with Crippen molar-refractivity contribution in [3.63, 3.8) is 0 Å². The van der Waals surface area contributed by atoms with Crippen molar-refractivity contribution >= 4 is 27.3 Å². The van der Waals surface area contributed by atoms with Crippen molar-refractivity contribution in [1.82, 2.24) is 4.90 Å². The molecule has 2 aliphatic rings. The Morgan fingerprint density at radius 3 is 2.26 bits per heavy atom. The molecule has 1 fully saturated rings. The predicted octanol–water partition coefficient (Wildman–Crippen LogP) is 4.10. The van der Waals surface area contributed by atoms with Crippen LogP contribution in [0.3, 0.4) is 0 Å². The molecule has 176 valence electrons. The summed E-state index contributed by atoms with van der Waals surface area (Å²) in [6, 6.07) is 22.4. The molecule has 0 aliphatic carbocycles. The van der Waals surface area contributed by atoms with Crippen molar-refractivity contribution in [3.8, 4) is 0 Å². The first-order valence-corrected chi connectivity index (χ1v) is 13.2. The fraction of sp³-hybridized carbons (Fsp3) is 0.296. The summed E-state index contributed by atoms with van der Waals surface area (Å²) in [4.78, 5) is 17.5. The van der Waals surface area contributed by atoms with Gasteiger partial charge in [0.2, 0.25) is 0 Å². The number of aryl methyl sites for hydroxylation is 2. The molecule has 0 unspecified atom stereocenters. The number of para-hydroxylation sites is 2. The lowest BCUT2D eigenvalue weighted by atomic mass is 10.0. The molecule has 1 saturated heterocycles. The fourth-order valence-electron chi connectivity index (χ4n) is 4.92. The molecule has 7 heteroatoms. The van der Waals surface area contributed by atoms with Crippen LogP contribution in [0.4, 0.5) is 11.4 Å². The minimum Gasteiger partial charge on any atom is -0.368 e. The number of piperazine rings is 1. The van der Waals surface area contributed by atoms with Crippen molar-refractivity contribution in [3.05, 3.63) is 89.5 Å². The second kappa shape index (κ2) is 9.14. The van der Waals surface area contributed by atoms with Crippen LogP contribution in [0.2, 0.25) is 0 Å². The molecular formula is C27H29N3O3S. The molecule has 0 atom stereocenters. The number of amides is 1.